The first-order chi connectivity index (χ1) is 13.4. The molecule has 4 nitrogen and oxygen atoms in total. The lowest BCUT2D eigenvalue weighted by molar-refractivity contribution is 0.474. The number of benzene rings is 3. The van der Waals surface area contributed by atoms with E-state index in [4.69, 9.17) is 16.0 Å². The van der Waals surface area contributed by atoms with E-state index in [9.17, 15) is 5.11 Å². The van der Waals surface area contributed by atoms with Crippen molar-refractivity contribution in [1.82, 2.24) is 4.98 Å². The normalized spacial score (nSPS) is 11.6. The number of nitrogens with zero attached hydrogens (tertiary/aromatic N) is 2. The lowest BCUT2D eigenvalue weighted by atomic mass is 10.1. The minimum absolute atomic E-state index is 0.00626. The lowest BCUT2D eigenvalue weighted by Gasteiger charge is -2.02. The molecule has 0 saturated carbocycles. The third-order valence-corrected chi connectivity index (χ3v) is 5.00. The second-order valence-electron chi connectivity index (χ2n) is 6.63. The molecule has 0 aliphatic rings. The van der Waals surface area contributed by atoms with Crippen LogP contribution in [0.25, 0.3) is 22.6 Å². The Bertz CT molecular complexity index is 1210. The minimum atomic E-state index is -0.00626. The number of oxazole rings is 1. The van der Waals surface area contributed by atoms with E-state index in [2.05, 4.69) is 58.0 Å². The maximum Gasteiger partial charge on any atom is 0.227 e. The average Bonchev–Trinajstić information content (AvgIpc) is 3.06. The quantitative estimate of drug-likeness (QED) is 0.339. The predicted octanol–water partition coefficient (Wildman–Crippen LogP) is 6.98. The van der Waals surface area contributed by atoms with Gasteiger partial charge in [0, 0.05) is 21.8 Å². The molecule has 1 aromatic heterocycles. The molecule has 28 heavy (non-hydrogen) atoms. The van der Waals surface area contributed by atoms with E-state index in [0.717, 1.165) is 26.7 Å². The first-order valence-corrected chi connectivity index (χ1v) is 9.77. The van der Waals surface area contributed by atoms with Gasteiger partial charge in [-0.1, -0.05) is 44.7 Å². The standard InChI is InChI=1S/C22H16BrClN2O2/c1-12-5-13(2)7-14(6-12)22-26-19-10-17(3-4-20(19)28-22)25-11-15-8-16(23)9-18(24)21(15)27/h3-11,27H,1-2H3. The summed E-state index contributed by atoms with van der Waals surface area (Å²) in [4.78, 5) is 9.04. The van der Waals surface area contributed by atoms with E-state index in [1.54, 1.807) is 18.3 Å². The average molecular weight is 456 g/mol. The number of aliphatic imine (C=N–C) groups is 1. The second-order valence-corrected chi connectivity index (χ2v) is 7.95. The van der Waals surface area contributed by atoms with Crippen molar-refractivity contribution in [2.75, 3.05) is 0 Å². The summed E-state index contributed by atoms with van der Waals surface area (Å²) >= 11 is 9.36. The molecule has 1 N–H and O–H groups in total. The number of aromatic hydroxyl groups is 1. The van der Waals surface area contributed by atoms with E-state index < -0.39 is 0 Å². The Morgan fingerprint density at radius 2 is 1.82 bits per heavy atom. The van der Waals surface area contributed by atoms with Crippen molar-refractivity contribution in [1.29, 1.82) is 0 Å². The number of rotatable bonds is 3. The van der Waals surface area contributed by atoms with Crippen LogP contribution in [-0.2, 0) is 0 Å². The summed E-state index contributed by atoms with van der Waals surface area (Å²) in [5, 5.41) is 10.3. The predicted molar refractivity (Wildman–Crippen MR) is 117 cm³/mol. The van der Waals surface area contributed by atoms with Crippen molar-refractivity contribution >= 4 is 50.5 Å². The summed E-state index contributed by atoms with van der Waals surface area (Å²) < 4.78 is 6.67. The van der Waals surface area contributed by atoms with Gasteiger partial charge in [-0.15, -0.1) is 0 Å². The zero-order valence-corrected chi connectivity index (χ0v) is 17.5. The van der Waals surface area contributed by atoms with E-state index in [1.807, 2.05) is 18.2 Å². The van der Waals surface area contributed by atoms with Crippen molar-refractivity contribution in [3.63, 3.8) is 0 Å². The first-order valence-electron chi connectivity index (χ1n) is 8.60. The van der Waals surface area contributed by atoms with Gasteiger partial charge in [0.2, 0.25) is 5.89 Å². The summed E-state index contributed by atoms with van der Waals surface area (Å²) in [7, 11) is 0. The van der Waals surface area contributed by atoms with Gasteiger partial charge in [0.15, 0.2) is 5.58 Å². The van der Waals surface area contributed by atoms with Crippen LogP contribution >= 0.6 is 27.5 Å². The maximum atomic E-state index is 10.1. The molecule has 4 rings (SSSR count). The van der Waals surface area contributed by atoms with Crippen LogP contribution in [0.4, 0.5) is 5.69 Å². The van der Waals surface area contributed by atoms with E-state index in [-0.39, 0.29) is 10.8 Å². The number of phenols is 1. The molecule has 0 amide bonds. The summed E-state index contributed by atoms with van der Waals surface area (Å²) in [5.41, 5.74) is 5.91. The van der Waals surface area contributed by atoms with Gasteiger partial charge in [-0.25, -0.2) is 4.98 Å². The van der Waals surface area contributed by atoms with Crippen molar-refractivity contribution in [2.45, 2.75) is 13.8 Å². The Hall–Kier alpha value is -2.63. The third-order valence-electron chi connectivity index (χ3n) is 4.25. The van der Waals surface area contributed by atoms with E-state index >= 15 is 0 Å². The van der Waals surface area contributed by atoms with Gasteiger partial charge in [0.1, 0.15) is 11.3 Å². The van der Waals surface area contributed by atoms with Gasteiger partial charge >= 0.3 is 0 Å². The van der Waals surface area contributed by atoms with Gasteiger partial charge in [0.25, 0.3) is 0 Å². The molecule has 0 atom stereocenters. The van der Waals surface area contributed by atoms with E-state index in [0.29, 0.717) is 22.7 Å². The zero-order valence-electron chi connectivity index (χ0n) is 15.2. The Kier molecular flexibility index (Phi) is 4.96. The molecule has 0 fully saturated rings. The van der Waals surface area contributed by atoms with Gasteiger partial charge in [-0.05, 0) is 56.3 Å². The highest BCUT2D eigenvalue weighted by Gasteiger charge is 2.10. The highest BCUT2D eigenvalue weighted by Crippen LogP contribution is 2.31. The minimum Gasteiger partial charge on any atom is -0.506 e. The van der Waals surface area contributed by atoms with Crippen LogP contribution in [0.1, 0.15) is 16.7 Å². The van der Waals surface area contributed by atoms with Crippen molar-refractivity contribution in [3.05, 3.63) is 74.7 Å². The van der Waals surface area contributed by atoms with Crippen LogP contribution in [0, 0.1) is 13.8 Å². The van der Waals surface area contributed by atoms with Gasteiger partial charge in [0.05, 0.1) is 10.7 Å². The van der Waals surface area contributed by atoms with Crippen LogP contribution in [-0.4, -0.2) is 16.3 Å². The number of halogens is 2. The monoisotopic (exact) mass is 454 g/mol. The molecule has 0 aliphatic heterocycles. The third kappa shape index (κ3) is 3.81. The molecule has 0 bridgehead atoms. The van der Waals surface area contributed by atoms with Crippen LogP contribution in [0.5, 0.6) is 5.75 Å². The van der Waals surface area contributed by atoms with Crippen LogP contribution in [0.15, 0.2) is 62.4 Å². The maximum absolute atomic E-state index is 10.1. The molecule has 3 aromatic carbocycles. The summed E-state index contributed by atoms with van der Waals surface area (Å²) in [6, 6.07) is 15.1. The number of hydrogen-bond acceptors (Lipinski definition) is 4. The van der Waals surface area contributed by atoms with E-state index in [1.165, 1.54) is 0 Å². The zero-order chi connectivity index (χ0) is 19.8. The van der Waals surface area contributed by atoms with Crippen LogP contribution in [0.3, 0.4) is 0 Å². The summed E-state index contributed by atoms with van der Waals surface area (Å²) in [6.07, 6.45) is 1.57. The fourth-order valence-corrected chi connectivity index (χ4v) is 3.88. The van der Waals surface area contributed by atoms with Crippen LogP contribution < -0.4 is 0 Å². The Morgan fingerprint density at radius 1 is 1.07 bits per heavy atom. The van der Waals surface area contributed by atoms with Crippen molar-refractivity contribution in [2.24, 2.45) is 4.99 Å². The number of aryl methyl sites for hydroxylation is 2. The molecule has 0 radical (unpaired) electrons. The molecular weight excluding hydrogens is 440 g/mol. The first kappa shape index (κ1) is 18.7. The molecule has 0 unspecified atom stereocenters. The van der Waals surface area contributed by atoms with Crippen molar-refractivity contribution < 1.29 is 9.52 Å². The molecule has 1 heterocycles. The molecule has 4 aromatic rings. The molecule has 0 saturated heterocycles. The lowest BCUT2D eigenvalue weighted by Crippen LogP contribution is -1.84. The van der Waals surface area contributed by atoms with Crippen LogP contribution in [0.2, 0.25) is 5.02 Å². The molecule has 0 spiro atoms. The fourth-order valence-electron chi connectivity index (χ4n) is 3.05. The molecule has 6 heteroatoms. The van der Waals surface area contributed by atoms with Gasteiger partial charge < -0.3 is 9.52 Å². The molecule has 0 aliphatic carbocycles. The number of fused-ring (bicyclic) bond motifs is 1. The summed E-state index contributed by atoms with van der Waals surface area (Å²) in [5.74, 6) is 0.576. The summed E-state index contributed by atoms with van der Waals surface area (Å²) in [6.45, 7) is 4.10. The smallest absolute Gasteiger partial charge is 0.227 e. The fraction of sp³-hybridized carbons (Fsp3) is 0.0909. The Morgan fingerprint density at radius 3 is 2.57 bits per heavy atom. The molecule has 140 valence electrons. The van der Waals surface area contributed by atoms with Gasteiger partial charge in [-0.2, -0.15) is 0 Å². The topological polar surface area (TPSA) is 58.6 Å². The number of phenolic OH excluding ortho intramolecular Hbond substituents is 1. The highest BCUT2D eigenvalue weighted by atomic mass is 79.9. The Labute approximate surface area is 175 Å². The highest BCUT2D eigenvalue weighted by molar-refractivity contribution is 9.10. The SMILES string of the molecule is Cc1cc(C)cc(-c2nc3cc(N=Cc4cc(Br)cc(Cl)c4O)ccc3o2)c1. The number of aromatic nitrogens is 1. The molecular formula is C22H16BrClN2O2. The largest absolute Gasteiger partial charge is 0.506 e. The van der Waals surface area contributed by atoms with Gasteiger partial charge in [-0.3, -0.25) is 4.99 Å². The van der Waals surface area contributed by atoms with Crippen molar-refractivity contribution in [3.8, 4) is 17.2 Å². The number of hydrogen-bond donors (Lipinski definition) is 1. The second kappa shape index (κ2) is 7.41. The Balaban J connectivity index is 1.69.